The van der Waals surface area contributed by atoms with Crippen molar-refractivity contribution in [3.8, 4) is 11.5 Å². The van der Waals surface area contributed by atoms with Crippen LogP contribution in [0.25, 0.3) is 0 Å². The Bertz CT molecular complexity index is 369. The predicted molar refractivity (Wildman–Crippen MR) is 78.5 cm³/mol. The molecule has 102 valence electrons. The number of hydrogen-bond acceptors (Lipinski definition) is 3. The molecule has 1 aromatic rings. The summed E-state index contributed by atoms with van der Waals surface area (Å²) >= 11 is 3.49. The summed E-state index contributed by atoms with van der Waals surface area (Å²) in [6.07, 6.45) is 3.47. The summed E-state index contributed by atoms with van der Waals surface area (Å²) in [6, 6.07) is 4.00. The Balaban J connectivity index is 2.83. The van der Waals surface area contributed by atoms with Crippen LogP contribution < -0.4 is 14.8 Å². The van der Waals surface area contributed by atoms with Gasteiger partial charge >= 0.3 is 0 Å². The van der Waals surface area contributed by atoms with E-state index in [1.807, 2.05) is 13.1 Å². The van der Waals surface area contributed by atoms with E-state index in [9.17, 15) is 0 Å². The molecule has 0 atom stereocenters. The molecule has 0 radical (unpaired) electrons. The quantitative estimate of drug-likeness (QED) is 0.741. The van der Waals surface area contributed by atoms with Gasteiger partial charge in [0.15, 0.2) is 11.5 Å². The summed E-state index contributed by atoms with van der Waals surface area (Å²) < 4.78 is 12.3. The van der Waals surface area contributed by atoms with Crippen LogP contribution in [-0.4, -0.2) is 20.8 Å². The zero-order valence-corrected chi connectivity index (χ0v) is 13.0. The van der Waals surface area contributed by atoms with Crippen molar-refractivity contribution >= 4 is 15.9 Å². The fourth-order valence-electron chi connectivity index (χ4n) is 1.79. The van der Waals surface area contributed by atoms with Crippen LogP contribution in [0.2, 0.25) is 0 Å². The van der Waals surface area contributed by atoms with Crippen molar-refractivity contribution in [3.05, 3.63) is 22.2 Å². The first-order valence-electron chi connectivity index (χ1n) is 6.36. The number of rotatable bonds is 8. The van der Waals surface area contributed by atoms with E-state index in [2.05, 4.69) is 34.2 Å². The normalized spacial score (nSPS) is 10.4. The van der Waals surface area contributed by atoms with Gasteiger partial charge < -0.3 is 14.8 Å². The molecule has 3 nitrogen and oxygen atoms in total. The highest BCUT2D eigenvalue weighted by Gasteiger charge is 2.12. The van der Waals surface area contributed by atoms with Crippen molar-refractivity contribution in [2.24, 2.45) is 0 Å². The summed E-state index contributed by atoms with van der Waals surface area (Å²) in [7, 11) is 3.60. The van der Waals surface area contributed by atoms with Crippen molar-refractivity contribution < 1.29 is 9.47 Å². The van der Waals surface area contributed by atoms with E-state index in [0.29, 0.717) is 0 Å². The summed E-state index contributed by atoms with van der Waals surface area (Å²) in [5.74, 6) is 1.64. The number of halogens is 1. The van der Waals surface area contributed by atoms with E-state index in [1.165, 1.54) is 12.8 Å². The Morgan fingerprint density at radius 2 is 2.06 bits per heavy atom. The first-order chi connectivity index (χ1) is 8.72. The van der Waals surface area contributed by atoms with Gasteiger partial charge in [0.2, 0.25) is 0 Å². The SMILES string of the molecule is CCCCCOc1c(CNC)cc(Br)cc1OC. The van der Waals surface area contributed by atoms with Gasteiger partial charge in [-0.1, -0.05) is 35.7 Å². The average Bonchev–Trinajstić information content (AvgIpc) is 2.36. The second kappa shape index (κ2) is 8.38. The molecule has 0 aliphatic heterocycles. The van der Waals surface area contributed by atoms with Crippen LogP contribution in [0.4, 0.5) is 0 Å². The van der Waals surface area contributed by atoms with Gasteiger partial charge in [-0.05, 0) is 25.6 Å². The third-order valence-corrected chi connectivity index (χ3v) is 3.14. The predicted octanol–water partition coefficient (Wildman–Crippen LogP) is 3.75. The minimum absolute atomic E-state index is 0.739. The maximum absolute atomic E-state index is 5.88. The van der Waals surface area contributed by atoms with Crippen LogP contribution in [0, 0.1) is 0 Å². The lowest BCUT2D eigenvalue weighted by Gasteiger charge is -2.15. The first-order valence-corrected chi connectivity index (χ1v) is 7.16. The van der Waals surface area contributed by atoms with Gasteiger partial charge in [-0.2, -0.15) is 0 Å². The highest BCUT2D eigenvalue weighted by atomic mass is 79.9. The molecule has 0 aromatic heterocycles. The lowest BCUT2D eigenvalue weighted by atomic mass is 10.2. The average molecular weight is 316 g/mol. The molecule has 4 heteroatoms. The van der Waals surface area contributed by atoms with E-state index < -0.39 is 0 Å². The number of ether oxygens (including phenoxy) is 2. The molecule has 0 saturated carbocycles. The van der Waals surface area contributed by atoms with Gasteiger partial charge in [0.25, 0.3) is 0 Å². The van der Waals surface area contributed by atoms with E-state index in [4.69, 9.17) is 9.47 Å². The zero-order chi connectivity index (χ0) is 13.4. The highest BCUT2D eigenvalue weighted by Crippen LogP contribution is 2.35. The summed E-state index contributed by atoms with van der Waals surface area (Å²) in [5, 5.41) is 3.15. The maximum atomic E-state index is 5.88. The molecule has 1 N–H and O–H groups in total. The molecule has 1 rings (SSSR count). The maximum Gasteiger partial charge on any atom is 0.165 e. The Kier molecular flexibility index (Phi) is 7.13. The summed E-state index contributed by atoms with van der Waals surface area (Å²) in [6.45, 7) is 3.69. The fraction of sp³-hybridized carbons (Fsp3) is 0.571. The minimum Gasteiger partial charge on any atom is -0.493 e. The van der Waals surface area contributed by atoms with Gasteiger partial charge in [-0.3, -0.25) is 0 Å². The largest absolute Gasteiger partial charge is 0.493 e. The lowest BCUT2D eigenvalue weighted by molar-refractivity contribution is 0.282. The summed E-state index contributed by atoms with van der Waals surface area (Å²) in [4.78, 5) is 0. The van der Waals surface area contributed by atoms with Gasteiger partial charge in [0.1, 0.15) is 0 Å². The van der Waals surface area contributed by atoms with Crippen molar-refractivity contribution in [1.29, 1.82) is 0 Å². The van der Waals surface area contributed by atoms with Crippen LogP contribution in [-0.2, 0) is 6.54 Å². The first kappa shape index (κ1) is 15.3. The number of unbranched alkanes of at least 4 members (excludes halogenated alkanes) is 2. The van der Waals surface area contributed by atoms with E-state index in [1.54, 1.807) is 7.11 Å². The molecule has 0 heterocycles. The van der Waals surface area contributed by atoms with E-state index in [-0.39, 0.29) is 0 Å². The number of hydrogen-bond donors (Lipinski definition) is 1. The van der Waals surface area contributed by atoms with Crippen LogP contribution in [0.1, 0.15) is 31.7 Å². The molecule has 0 aliphatic carbocycles. The van der Waals surface area contributed by atoms with Crippen LogP contribution >= 0.6 is 15.9 Å². The van der Waals surface area contributed by atoms with Gasteiger partial charge in [0.05, 0.1) is 13.7 Å². The standard InChI is InChI=1S/C14H22BrNO2/c1-4-5-6-7-18-14-11(10-16-2)8-12(15)9-13(14)17-3/h8-9,16H,4-7,10H2,1-3H3. The fourth-order valence-corrected chi connectivity index (χ4v) is 2.27. The van der Waals surface area contributed by atoms with Crippen molar-refractivity contribution in [2.45, 2.75) is 32.7 Å². The van der Waals surface area contributed by atoms with Crippen LogP contribution in [0.15, 0.2) is 16.6 Å². The van der Waals surface area contributed by atoms with Crippen molar-refractivity contribution in [2.75, 3.05) is 20.8 Å². The number of benzene rings is 1. The van der Waals surface area contributed by atoms with E-state index >= 15 is 0 Å². The molecule has 0 fully saturated rings. The van der Waals surface area contributed by atoms with Crippen molar-refractivity contribution in [3.63, 3.8) is 0 Å². The molecule has 0 aliphatic rings. The third-order valence-electron chi connectivity index (χ3n) is 2.68. The molecule has 0 bridgehead atoms. The summed E-state index contributed by atoms with van der Waals surface area (Å²) in [5.41, 5.74) is 1.11. The molecule has 0 saturated heterocycles. The molecule has 1 aromatic carbocycles. The smallest absolute Gasteiger partial charge is 0.165 e. The molecular weight excluding hydrogens is 294 g/mol. The number of nitrogens with one attached hydrogen (secondary N) is 1. The molecule has 18 heavy (non-hydrogen) atoms. The molecule has 0 amide bonds. The number of methoxy groups -OCH3 is 1. The van der Waals surface area contributed by atoms with Crippen molar-refractivity contribution in [1.82, 2.24) is 5.32 Å². The Hall–Kier alpha value is -0.740. The molecule has 0 spiro atoms. The second-order valence-electron chi connectivity index (χ2n) is 4.18. The Labute approximate surface area is 118 Å². The molecule has 0 unspecified atom stereocenters. The highest BCUT2D eigenvalue weighted by molar-refractivity contribution is 9.10. The topological polar surface area (TPSA) is 30.5 Å². The van der Waals surface area contributed by atoms with E-state index in [0.717, 1.165) is 41.1 Å². The lowest BCUT2D eigenvalue weighted by Crippen LogP contribution is -2.09. The van der Waals surface area contributed by atoms with Gasteiger partial charge in [0, 0.05) is 16.6 Å². The van der Waals surface area contributed by atoms with Gasteiger partial charge in [-0.25, -0.2) is 0 Å². The second-order valence-corrected chi connectivity index (χ2v) is 5.10. The van der Waals surface area contributed by atoms with Crippen LogP contribution in [0.3, 0.4) is 0 Å². The van der Waals surface area contributed by atoms with Crippen LogP contribution in [0.5, 0.6) is 11.5 Å². The Morgan fingerprint density at radius 1 is 1.28 bits per heavy atom. The monoisotopic (exact) mass is 315 g/mol. The minimum atomic E-state index is 0.739. The Morgan fingerprint density at radius 3 is 2.67 bits per heavy atom. The third kappa shape index (κ3) is 4.50. The molecular formula is C14H22BrNO2. The van der Waals surface area contributed by atoms with Gasteiger partial charge in [-0.15, -0.1) is 0 Å². The zero-order valence-electron chi connectivity index (χ0n) is 11.4.